The molecule has 0 radical (unpaired) electrons. The molecule has 27 heavy (non-hydrogen) atoms. The third-order valence-electron chi connectivity index (χ3n) is 5.69. The van der Waals surface area contributed by atoms with Gasteiger partial charge >= 0.3 is 0 Å². The molecule has 4 rings (SSSR count). The molecule has 0 saturated carbocycles. The first-order chi connectivity index (χ1) is 13.0. The largest absolute Gasteiger partial charge is 0.368 e. The van der Waals surface area contributed by atoms with Crippen molar-refractivity contribution in [2.75, 3.05) is 30.3 Å². The van der Waals surface area contributed by atoms with E-state index in [1.807, 2.05) is 36.2 Å². The highest BCUT2D eigenvalue weighted by atomic mass is 16.2. The SMILES string of the molecule is Cc1cc(N2CCCC3(CCC(=O)N(Cc4cccnc4)C3)C2)nc(N)n1. The van der Waals surface area contributed by atoms with Crippen LogP contribution in [-0.2, 0) is 11.3 Å². The van der Waals surface area contributed by atoms with Gasteiger partial charge in [-0.3, -0.25) is 9.78 Å². The maximum Gasteiger partial charge on any atom is 0.222 e. The van der Waals surface area contributed by atoms with Gasteiger partial charge < -0.3 is 15.5 Å². The molecular formula is C20H26N6O. The topological polar surface area (TPSA) is 88.2 Å². The molecule has 0 aromatic carbocycles. The van der Waals surface area contributed by atoms with Crippen LogP contribution in [0.3, 0.4) is 0 Å². The van der Waals surface area contributed by atoms with E-state index in [2.05, 4.69) is 19.9 Å². The molecule has 1 spiro atoms. The van der Waals surface area contributed by atoms with Crippen molar-refractivity contribution in [3.05, 3.63) is 41.9 Å². The summed E-state index contributed by atoms with van der Waals surface area (Å²) in [5.74, 6) is 1.46. The Hall–Kier alpha value is -2.70. The van der Waals surface area contributed by atoms with Crippen molar-refractivity contribution in [3.8, 4) is 0 Å². The van der Waals surface area contributed by atoms with Crippen LogP contribution in [0.1, 0.15) is 36.9 Å². The zero-order valence-corrected chi connectivity index (χ0v) is 15.8. The van der Waals surface area contributed by atoms with E-state index in [0.717, 1.165) is 56.0 Å². The number of nitrogens with two attached hydrogens (primary N) is 1. The summed E-state index contributed by atoms with van der Waals surface area (Å²) < 4.78 is 0. The van der Waals surface area contributed by atoms with Gasteiger partial charge in [-0.05, 0) is 37.8 Å². The molecule has 0 bridgehead atoms. The Morgan fingerprint density at radius 3 is 2.93 bits per heavy atom. The highest BCUT2D eigenvalue weighted by Crippen LogP contribution is 2.40. The number of hydrogen-bond donors (Lipinski definition) is 1. The van der Waals surface area contributed by atoms with Gasteiger partial charge in [-0.15, -0.1) is 0 Å². The first kappa shape index (κ1) is 17.7. The second-order valence-corrected chi connectivity index (χ2v) is 7.86. The van der Waals surface area contributed by atoms with Gasteiger partial charge in [0, 0.05) is 62.2 Å². The molecule has 2 saturated heterocycles. The fourth-order valence-corrected chi connectivity index (χ4v) is 4.43. The van der Waals surface area contributed by atoms with Crippen LogP contribution in [-0.4, -0.2) is 45.4 Å². The van der Waals surface area contributed by atoms with Gasteiger partial charge in [0.25, 0.3) is 0 Å². The molecule has 1 atom stereocenters. The number of nitrogens with zero attached hydrogens (tertiary/aromatic N) is 5. The van der Waals surface area contributed by atoms with E-state index in [0.29, 0.717) is 18.9 Å². The van der Waals surface area contributed by atoms with Crippen molar-refractivity contribution in [1.82, 2.24) is 19.9 Å². The number of nitrogen functional groups attached to an aromatic ring is 1. The number of anilines is 2. The maximum absolute atomic E-state index is 12.5. The quantitative estimate of drug-likeness (QED) is 0.896. The Bertz CT molecular complexity index is 806. The van der Waals surface area contributed by atoms with Crippen LogP contribution in [0, 0.1) is 12.3 Å². The molecule has 1 amide bonds. The van der Waals surface area contributed by atoms with Gasteiger partial charge in [-0.2, -0.15) is 4.98 Å². The van der Waals surface area contributed by atoms with Crippen LogP contribution < -0.4 is 10.6 Å². The zero-order valence-electron chi connectivity index (χ0n) is 15.8. The molecule has 2 aliphatic heterocycles. The van der Waals surface area contributed by atoms with Crippen LogP contribution >= 0.6 is 0 Å². The summed E-state index contributed by atoms with van der Waals surface area (Å²) in [6.45, 7) is 5.23. The van der Waals surface area contributed by atoms with Crippen LogP contribution in [0.15, 0.2) is 30.6 Å². The van der Waals surface area contributed by atoms with Gasteiger partial charge in [-0.25, -0.2) is 4.98 Å². The van der Waals surface area contributed by atoms with E-state index >= 15 is 0 Å². The van der Waals surface area contributed by atoms with Crippen molar-refractivity contribution in [1.29, 1.82) is 0 Å². The first-order valence-corrected chi connectivity index (χ1v) is 9.56. The molecule has 2 aliphatic rings. The summed E-state index contributed by atoms with van der Waals surface area (Å²) in [5.41, 5.74) is 7.93. The van der Waals surface area contributed by atoms with Gasteiger partial charge in [0.2, 0.25) is 11.9 Å². The van der Waals surface area contributed by atoms with Crippen LogP contribution in [0.4, 0.5) is 11.8 Å². The number of amides is 1. The maximum atomic E-state index is 12.5. The third kappa shape index (κ3) is 3.86. The number of aryl methyl sites for hydroxylation is 1. The fourth-order valence-electron chi connectivity index (χ4n) is 4.43. The van der Waals surface area contributed by atoms with E-state index in [9.17, 15) is 4.79 Å². The Morgan fingerprint density at radius 2 is 2.15 bits per heavy atom. The van der Waals surface area contributed by atoms with Crippen molar-refractivity contribution >= 4 is 17.7 Å². The highest BCUT2D eigenvalue weighted by Gasteiger charge is 2.42. The molecule has 0 aliphatic carbocycles. The lowest BCUT2D eigenvalue weighted by atomic mass is 9.73. The van der Waals surface area contributed by atoms with Crippen molar-refractivity contribution in [2.45, 2.75) is 39.2 Å². The third-order valence-corrected chi connectivity index (χ3v) is 5.69. The summed E-state index contributed by atoms with van der Waals surface area (Å²) in [5, 5.41) is 0. The van der Waals surface area contributed by atoms with Crippen LogP contribution in [0.5, 0.6) is 0 Å². The molecule has 2 aromatic heterocycles. The number of rotatable bonds is 3. The number of carbonyl (C=O) groups is 1. The van der Waals surface area contributed by atoms with E-state index in [1.54, 1.807) is 6.20 Å². The smallest absolute Gasteiger partial charge is 0.222 e. The molecule has 4 heterocycles. The Morgan fingerprint density at radius 1 is 1.26 bits per heavy atom. The van der Waals surface area contributed by atoms with Crippen molar-refractivity contribution < 1.29 is 4.79 Å². The van der Waals surface area contributed by atoms with Crippen LogP contribution in [0.2, 0.25) is 0 Å². The molecule has 7 nitrogen and oxygen atoms in total. The summed E-state index contributed by atoms with van der Waals surface area (Å²) >= 11 is 0. The average molecular weight is 366 g/mol. The molecular weight excluding hydrogens is 340 g/mol. The molecule has 142 valence electrons. The second kappa shape index (κ2) is 7.13. The highest BCUT2D eigenvalue weighted by molar-refractivity contribution is 5.77. The van der Waals surface area contributed by atoms with Crippen molar-refractivity contribution in [3.63, 3.8) is 0 Å². The Balaban J connectivity index is 1.52. The molecule has 2 fully saturated rings. The minimum atomic E-state index is 0.113. The van der Waals surface area contributed by atoms with Crippen LogP contribution in [0.25, 0.3) is 0 Å². The predicted molar refractivity (Wildman–Crippen MR) is 104 cm³/mol. The number of carbonyl (C=O) groups excluding carboxylic acids is 1. The molecule has 2 N–H and O–H groups in total. The standard InChI is InChI=1S/C20H26N6O/c1-15-10-17(24-19(21)23-15)25-9-3-6-20(13-25)7-5-18(27)26(14-20)12-16-4-2-8-22-11-16/h2,4,8,10-11H,3,5-7,9,12-14H2,1H3,(H2,21,23,24). The summed E-state index contributed by atoms with van der Waals surface area (Å²) in [6, 6.07) is 5.95. The number of likely N-dealkylation sites (tertiary alicyclic amines) is 1. The Kier molecular flexibility index (Phi) is 4.68. The van der Waals surface area contributed by atoms with Gasteiger partial charge in [0.05, 0.1) is 0 Å². The van der Waals surface area contributed by atoms with E-state index < -0.39 is 0 Å². The van der Waals surface area contributed by atoms with Crippen molar-refractivity contribution in [2.24, 2.45) is 5.41 Å². The fraction of sp³-hybridized carbons (Fsp3) is 0.500. The van der Waals surface area contributed by atoms with E-state index in [1.165, 1.54) is 0 Å². The lowest BCUT2D eigenvalue weighted by Crippen LogP contribution is -2.54. The first-order valence-electron chi connectivity index (χ1n) is 9.56. The predicted octanol–water partition coefficient (Wildman–Crippen LogP) is 2.17. The lowest BCUT2D eigenvalue weighted by molar-refractivity contribution is -0.138. The molecule has 1 unspecified atom stereocenters. The summed E-state index contributed by atoms with van der Waals surface area (Å²) in [7, 11) is 0. The van der Waals surface area contributed by atoms with E-state index in [-0.39, 0.29) is 11.3 Å². The number of aromatic nitrogens is 3. The van der Waals surface area contributed by atoms with Gasteiger partial charge in [0.15, 0.2) is 0 Å². The Labute approximate surface area is 159 Å². The zero-order chi connectivity index (χ0) is 18.9. The number of pyridine rings is 1. The average Bonchev–Trinajstić information content (AvgIpc) is 2.65. The summed E-state index contributed by atoms with van der Waals surface area (Å²) in [6.07, 6.45) is 7.38. The monoisotopic (exact) mass is 366 g/mol. The van der Waals surface area contributed by atoms with E-state index in [4.69, 9.17) is 5.73 Å². The second-order valence-electron chi connectivity index (χ2n) is 7.86. The normalized spacial score (nSPS) is 23.1. The lowest BCUT2D eigenvalue weighted by Gasteiger charge is -2.48. The minimum Gasteiger partial charge on any atom is -0.368 e. The summed E-state index contributed by atoms with van der Waals surface area (Å²) in [4.78, 5) is 29.6. The number of piperidine rings is 2. The number of hydrogen-bond acceptors (Lipinski definition) is 6. The molecule has 7 heteroatoms. The van der Waals surface area contributed by atoms with Gasteiger partial charge in [-0.1, -0.05) is 6.07 Å². The van der Waals surface area contributed by atoms with Gasteiger partial charge in [0.1, 0.15) is 5.82 Å². The molecule has 2 aromatic rings. The minimum absolute atomic E-state index is 0.113.